The third-order valence-electron chi connectivity index (χ3n) is 9.18. The van der Waals surface area contributed by atoms with Gasteiger partial charge in [0, 0.05) is 17.1 Å². The molecule has 9 aromatic carbocycles. The van der Waals surface area contributed by atoms with Gasteiger partial charge in [-0.3, -0.25) is 0 Å². The monoisotopic (exact) mass is 571 g/mol. The van der Waals surface area contributed by atoms with Crippen molar-refractivity contribution in [3.8, 4) is 11.1 Å². The second-order valence-electron chi connectivity index (χ2n) is 11.8. The summed E-state index contributed by atoms with van der Waals surface area (Å²) in [7, 11) is 0. The Kier molecular flexibility index (Phi) is 5.89. The summed E-state index contributed by atoms with van der Waals surface area (Å²) < 4.78 is 0. The van der Waals surface area contributed by atoms with Gasteiger partial charge in [0.05, 0.1) is 0 Å². The van der Waals surface area contributed by atoms with Gasteiger partial charge in [-0.1, -0.05) is 133 Å². The summed E-state index contributed by atoms with van der Waals surface area (Å²) in [6.45, 7) is 0. The lowest BCUT2D eigenvalue weighted by molar-refractivity contribution is 1.29. The van der Waals surface area contributed by atoms with Crippen molar-refractivity contribution in [1.82, 2.24) is 0 Å². The minimum Gasteiger partial charge on any atom is -0.310 e. The van der Waals surface area contributed by atoms with Crippen LogP contribution >= 0.6 is 0 Å². The SMILES string of the molecule is c1ccc2cc(-c3ccc(N(c4ccc5ccccc5c4)c4ccc5c(ccc6c7ccccc7ccc56)c4)cc3)ccc2c1. The Hall–Kier alpha value is -5.92. The maximum absolute atomic E-state index is 2.38. The van der Waals surface area contributed by atoms with E-state index in [2.05, 4.69) is 181 Å². The molecule has 0 radical (unpaired) electrons. The van der Waals surface area contributed by atoms with Gasteiger partial charge in [-0.25, -0.2) is 0 Å². The van der Waals surface area contributed by atoms with Gasteiger partial charge in [0.25, 0.3) is 0 Å². The number of nitrogens with zero attached hydrogens (tertiary/aromatic N) is 1. The maximum Gasteiger partial charge on any atom is 0.0468 e. The van der Waals surface area contributed by atoms with E-state index in [1.54, 1.807) is 0 Å². The standard InChI is InChI=1S/C44H29N/c1-3-10-34-27-36(14-13-30(34)7-1)32-15-20-38(21-16-32)45(39-22-17-31-8-2-4-11-35(31)28-39)40-23-26-42-37(29-40)19-25-43-41-12-6-5-9-33(41)18-24-44(42)43/h1-29H. The van der Waals surface area contributed by atoms with Gasteiger partial charge < -0.3 is 4.90 Å². The van der Waals surface area contributed by atoms with Gasteiger partial charge in [-0.05, 0) is 107 Å². The van der Waals surface area contributed by atoms with Crippen LogP contribution in [0, 0.1) is 0 Å². The van der Waals surface area contributed by atoms with Crippen molar-refractivity contribution in [3.63, 3.8) is 0 Å². The van der Waals surface area contributed by atoms with E-state index in [0.29, 0.717) is 0 Å². The third kappa shape index (κ3) is 4.41. The molecule has 0 spiro atoms. The van der Waals surface area contributed by atoms with Crippen LogP contribution in [0.25, 0.3) is 65.0 Å². The highest BCUT2D eigenvalue weighted by Crippen LogP contribution is 2.40. The Morgan fingerprint density at radius 3 is 1.42 bits per heavy atom. The maximum atomic E-state index is 2.38. The molecule has 1 nitrogen and oxygen atoms in total. The summed E-state index contributed by atoms with van der Waals surface area (Å²) >= 11 is 0. The van der Waals surface area contributed by atoms with Crippen molar-refractivity contribution in [2.75, 3.05) is 4.90 Å². The first-order valence-electron chi connectivity index (χ1n) is 15.5. The summed E-state index contributed by atoms with van der Waals surface area (Å²) in [5, 5.41) is 12.6. The van der Waals surface area contributed by atoms with Crippen molar-refractivity contribution in [1.29, 1.82) is 0 Å². The van der Waals surface area contributed by atoms with Crippen molar-refractivity contribution in [3.05, 3.63) is 176 Å². The molecule has 0 atom stereocenters. The van der Waals surface area contributed by atoms with Crippen LogP contribution in [0.4, 0.5) is 17.1 Å². The largest absolute Gasteiger partial charge is 0.310 e. The lowest BCUT2D eigenvalue weighted by atomic mass is 9.96. The summed E-state index contributed by atoms with van der Waals surface area (Å²) in [5.41, 5.74) is 5.83. The van der Waals surface area contributed by atoms with Crippen LogP contribution in [-0.2, 0) is 0 Å². The van der Waals surface area contributed by atoms with Crippen LogP contribution in [0.15, 0.2) is 176 Å². The van der Waals surface area contributed by atoms with Crippen LogP contribution in [0.2, 0.25) is 0 Å². The van der Waals surface area contributed by atoms with E-state index in [0.717, 1.165) is 17.1 Å². The first-order valence-corrected chi connectivity index (χ1v) is 15.5. The van der Waals surface area contributed by atoms with Crippen LogP contribution < -0.4 is 4.90 Å². The summed E-state index contributed by atoms with van der Waals surface area (Å²) in [4.78, 5) is 2.38. The van der Waals surface area contributed by atoms with E-state index in [9.17, 15) is 0 Å². The molecule has 9 rings (SSSR count). The van der Waals surface area contributed by atoms with E-state index in [1.165, 1.54) is 65.0 Å². The predicted octanol–water partition coefficient (Wildman–Crippen LogP) is 12.6. The second kappa shape index (κ2) is 10.4. The lowest BCUT2D eigenvalue weighted by Gasteiger charge is -2.26. The molecule has 9 aromatic rings. The molecule has 0 bridgehead atoms. The Labute approximate surface area is 262 Å². The molecule has 210 valence electrons. The van der Waals surface area contributed by atoms with Crippen molar-refractivity contribution in [2.24, 2.45) is 0 Å². The topological polar surface area (TPSA) is 3.24 Å². The second-order valence-corrected chi connectivity index (χ2v) is 11.8. The average Bonchev–Trinajstić information content (AvgIpc) is 3.11. The summed E-state index contributed by atoms with van der Waals surface area (Å²) in [5.74, 6) is 0. The fourth-order valence-corrected chi connectivity index (χ4v) is 6.89. The summed E-state index contributed by atoms with van der Waals surface area (Å²) in [6, 6.07) is 64.2. The van der Waals surface area contributed by atoms with Gasteiger partial charge in [-0.2, -0.15) is 0 Å². The minimum atomic E-state index is 1.13. The molecule has 0 aliphatic heterocycles. The Bertz CT molecular complexity index is 2540. The minimum absolute atomic E-state index is 1.13. The zero-order valence-corrected chi connectivity index (χ0v) is 24.7. The average molecular weight is 572 g/mol. The number of benzene rings is 9. The van der Waals surface area contributed by atoms with E-state index in [1.807, 2.05) is 0 Å². The fraction of sp³-hybridized carbons (Fsp3) is 0. The Morgan fingerprint density at radius 2 is 0.689 bits per heavy atom. The molecule has 0 fully saturated rings. The molecular formula is C44H29N. The van der Waals surface area contributed by atoms with Crippen LogP contribution in [0.1, 0.15) is 0 Å². The third-order valence-corrected chi connectivity index (χ3v) is 9.18. The quantitative estimate of drug-likeness (QED) is 0.190. The molecule has 0 aliphatic rings. The van der Waals surface area contributed by atoms with E-state index in [4.69, 9.17) is 0 Å². The molecule has 1 heteroatoms. The molecule has 0 unspecified atom stereocenters. The normalized spacial score (nSPS) is 11.6. The number of hydrogen-bond donors (Lipinski definition) is 0. The molecular weight excluding hydrogens is 542 g/mol. The molecule has 0 heterocycles. The molecule has 0 aromatic heterocycles. The number of rotatable bonds is 4. The van der Waals surface area contributed by atoms with Gasteiger partial charge in [0.15, 0.2) is 0 Å². The molecule has 0 aliphatic carbocycles. The fourth-order valence-electron chi connectivity index (χ4n) is 6.89. The number of anilines is 3. The van der Waals surface area contributed by atoms with Crippen molar-refractivity contribution in [2.45, 2.75) is 0 Å². The highest BCUT2D eigenvalue weighted by molar-refractivity contribution is 6.17. The highest BCUT2D eigenvalue weighted by atomic mass is 15.1. The van der Waals surface area contributed by atoms with Gasteiger partial charge in [-0.15, -0.1) is 0 Å². The summed E-state index contributed by atoms with van der Waals surface area (Å²) in [6.07, 6.45) is 0. The molecule has 45 heavy (non-hydrogen) atoms. The zero-order valence-electron chi connectivity index (χ0n) is 24.7. The lowest BCUT2D eigenvalue weighted by Crippen LogP contribution is -2.10. The van der Waals surface area contributed by atoms with E-state index < -0.39 is 0 Å². The van der Waals surface area contributed by atoms with E-state index in [-0.39, 0.29) is 0 Å². The number of hydrogen-bond acceptors (Lipinski definition) is 1. The molecule has 0 saturated carbocycles. The molecule has 0 amide bonds. The Morgan fingerprint density at radius 1 is 0.244 bits per heavy atom. The van der Waals surface area contributed by atoms with Crippen molar-refractivity contribution >= 4 is 70.9 Å². The van der Waals surface area contributed by atoms with E-state index >= 15 is 0 Å². The zero-order chi connectivity index (χ0) is 29.7. The van der Waals surface area contributed by atoms with Crippen LogP contribution in [0.5, 0.6) is 0 Å². The first kappa shape index (κ1) is 25.6. The smallest absolute Gasteiger partial charge is 0.0468 e. The van der Waals surface area contributed by atoms with Gasteiger partial charge in [0.2, 0.25) is 0 Å². The molecule has 0 saturated heterocycles. The van der Waals surface area contributed by atoms with Gasteiger partial charge >= 0.3 is 0 Å². The van der Waals surface area contributed by atoms with Crippen LogP contribution in [0.3, 0.4) is 0 Å². The van der Waals surface area contributed by atoms with Gasteiger partial charge in [0.1, 0.15) is 0 Å². The Balaban J connectivity index is 1.18. The first-order chi connectivity index (χ1) is 22.3. The van der Waals surface area contributed by atoms with Crippen molar-refractivity contribution < 1.29 is 0 Å². The predicted molar refractivity (Wildman–Crippen MR) is 194 cm³/mol. The highest BCUT2D eigenvalue weighted by Gasteiger charge is 2.15. The van der Waals surface area contributed by atoms with Crippen LogP contribution in [-0.4, -0.2) is 0 Å². The number of fused-ring (bicyclic) bond motifs is 7. The molecule has 0 N–H and O–H groups in total.